The highest BCUT2D eigenvalue weighted by molar-refractivity contribution is 8.05. The van der Waals surface area contributed by atoms with Gasteiger partial charge in [-0.15, -0.1) is 0 Å². The van der Waals surface area contributed by atoms with Crippen LogP contribution in [0, 0.1) is 5.92 Å². The average Bonchev–Trinajstić information content (AvgIpc) is 2.91. The molecule has 1 aromatic carbocycles. The van der Waals surface area contributed by atoms with Gasteiger partial charge in [-0.2, -0.15) is 0 Å². The van der Waals surface area contributed by atoms with Gasteiger partial charge in [0.1, 0.15) is 0 Å². The van der Waals surface area contributed by atoms with E-state index < -0.39 is 5.97 Å². The molecule has 3 rings (SSSR count). The maximum Gasteiger partial charge on any atom is 0.305 e. The number of amides is 1. The molecule has 0 unspecified atom stereocenters. The summed E-state index contributed by atoms with van der Waals surface area (Å²) in [6.07, 6.45) is 9.13. The van der Waals surface area contributed by atoms with Gasteiger partial charge in [0.2, 0.25) is 0 Å². The van der Waals surface area contributed by atoms with Crippen molar-refractivity contribution < 1.29 is 14.7 Å². The summed E-state index contributed by atoms with van der Waals surface area (Å²) < 4.78 is 0. The Labute approximate surface area is 171 Å². The number of hydrogen-bond donors (Lipinski definition) is 1. The van der Waals surface area contributed by atoms with Crippen LogP contribution in [-0.4, -0.2) is 33.3 Å². The van der Waals surface area contributed by atoms with Crippen LogP contribution in [-0.2, 0) is 9.59 Å². The molecule has 28 heavy (non-hydrogen) atoms. The Morgan fingerprint density at radius 2 is 1.93 bits per heavy atom. The summed E-state index contributed by atoms with van der Waals surface area (Å²) in [4.78, 5) is 26.5. The van der Waals surface area contributed by atoms with Crippen molar-refractivity contribution in [2.24, 2.45) is 5.92 Å². The third-order valence-electron chi connectivity index (χ3n) is 5.45. The summed E-state index contributed by atoms with van der Waals surface area (Å²) >= 11 is 1.64. The number of carboxylic acids is 1. The maximum absolute atomic E-state index is 13.1. The number of rotatable bonds is 6. The molecule has 1 saturated heterocycles. The molecule has 1 heterocycles. The van der Waals surface area contributed by atoms with Gasteiger partial charge in [-0.1, -0.05) is 67.6 Å². The predicted octanol–water partition coefficient (Wildman–Crippen LogP) is 5.32. The van der Waals surface area contributed by atoms with Gasteiger partial charge < -0.3 is 10.0 Å². The van der Waals surface area contributed by atoms with Crippen molar-refractivity contribution in [2.45, 2.75) is 57.2 Å². The van der Waals surface area contributed by atoms with Crippen molar-refractivity contribution in [1.29, 1.82) is 0 Å². The Morgan fingerprint density at radius 1 is 1.25 bits per heavy atom. The number of thioether (sulfide) groups is 1. The van der Waals surface area contributed by atoms with Gasteiger partial charge in [-0.25, -0.2) is 0 Å². The van der Waals surface area contributed by atoms with Crippen LogP contribution in [0.2, 0.25) is 0 Å². The summed E-state index contributed by atoms with van der Waals surface area (Å²) in [7, 11) is 0. The van der Waals surface area contributed by atoms with Gasteiger partial charge in [0.05, 0.1) is 16.2 Å². The number of benzene rings is 1. The van der Waals surface area contributed by atoms with E-state index in [9.17, 15) is 9.59 Å². The Kier molecular flexibility index (Phi) is 6.65. The summed E-state index contributed by atoms with van der Waals surface area (Å²) in [5.41, 5.74) is 2.48. The zero-order valence-electron chi connectivity index (χ0n) is 16.7. The van der Waals surface area contributed by atoms with Crippen molar-refractivity contribution in [3.05, 3.63) is 52.4 Å². The lowest BCUT2D eigenvalue weighted by molar-refractivity contribution is -0.138. The number of nitrogens with zero attached hydrogens (tertiary/aromatic N) is 1. The Bertz CT molecular complexity index is 772. The first-order chi connectivity index (χ1) is 13.4. The Morgan fingerprint density at radius 3 is 2.54 bits per heavy atom. The van der Waals surface area contributed by atoms with Gasteiger partial charge in [0, 0.05) is 6.54 Å². The van der Waals surface area contributed by atoms with E-state index in [1.807, 2.05) is 41.3 Å². The standard InChI is InChI=1S/C23H29NO3S/c1-17(2)8-9-18-10-13-23(14-11-18)24(15-12-21(25)26)22(27)20(28-23)16-19-6-4-3-5-7-19/h3-7,9,16-17H,8,10-15H2,1-2H3,(H,25,26). The van der Waals surface area contributed by atoms with Crippen molar-refractivity contribution in [3.63, 3.8) is 0 Å². The Balaban J connectivity index is 1.81. The molecular formula is C23H29NO3S. The van der Waals surface area contributed by atoms with E-state index >= 15 is 0 Å². The van der Waals surface area contributed by atoms with Gasteiger partial charge >= 0.3 is 5.97 Å². The van der Waals surface area contributed by atoms with E-state index in [0.29, 0.717) is 5.92 Å². The SMILES string of the molecule is CC(C)CC=C1CCC2(CC1)SC(=Cc1ccccc1)C(=O)N2CCC(=O)O. The highest BCUT2D eigenvalue weighted by Crippen LogP contribution is 2.53. The van der Waals surface area contributed by atoms with Crippen LogP contribution >= 0.6 is 11.8 Å². The van der Waals surface area contributed by atoms with E-state index in [-0.39, 0.29) is 23.7 Å². The van der Waals surface area contributed by atoms with Crippen molar-refractivity contribution in [3.8, 4) is 0 Å². The molecule has 0 radical (unpaired) electrons. The first-order valence-corrected chi connectivity index (χ1v) is 10.9. The zero-order valence-corrected chi connectivity index (χ0v) is 17.5. The summed E-state index contributed by atoms with van der Waals surface area (Å²) in [5, 5.41) is 9.14. The molecule has 2 aliphatic rings. The van der Waals surface area contributed by atoms with Gasteiger partial charge in [-0.05, 0) is 49.7 Å². The Hall–Kier alpha value is -2.01. The highest BCUT2D eigenvalue weighted by Gasteiger charge is 2.49. The van der Waals surface area contributed by atoms with E-state index in [4.69, 9.17) is 5.11 Å². The van der Waals surface area contributed by atoms with Crippen LogP contribution in [0.3, 0.4) is 0 Å². The summed E-state index contributed by atoms with van der Waals surface area (Å²) in [6.45, 7) is 4.72. The molecular weight excluding hydrogens is 370 g/mol. The minimum absolute atomic E-state index is 0.0112. The van der Waals surface area contributed by atoms with Crippen LogP contribution in [0.15, 0.2) is 46.9 Å². The third kappa shape index (κ3) is 4.88. The smallest absolute Gasteiger partial charge is 0.305 e. The molecule has 0 bridgehead atoms. The molecule has 1 saturated carbocycles. The van der Waals surface area contributed by atoms with Crippen molar-refractivity contribution in [2.75, 3.05) is 6.54 Å². The number of carbonyl (C=O) groups excluding carboxylic acids is 1. The lowest BCUT2D eigenvalue weighted by Crippen LogP contribution is -2.46. The normalized spacial score (nSPS) is 23.8. The zero-order chi connectivity index (χ0) is 20.1. The number of allylic oxidation sites excluding steroid dienone is 2. The van der Waals surface area contributed by atoms with Crippen LogP contribution in [0.1, 0.15) is 57.9 Å². The average molecular weight is 400 g/mol. The minimum Gasteiger partial charge on any atom is -0.481 e. The minimum atomic E-state index is -0.859. The fourth-order valence-electron chi connectivity index (χ4n) is 3.87. The molecule has 1 aliphatic carbocycles. The first-order valence-electron chi connectivity index (χ1n) is 10.1. The fourth-order valence-corrected chi connectivity index (χ4v) is 5.36. The van der Waals surface area contributed by atoms with Crippen molar-refractivity contribution >= 4 is 29.7 Å². The monoisotopic (exact) mass is 399 g/mol. The lowest BCUT2D eigenvalue weighted by Gasteiger charge is -2.40. The molecule has 4 nitrogen and oxygen atoms in total. The molecule has 1 aliphatic heterocycles. The molecule has 2 fully saturated rings. The topological polar surface area (TPSA) is 57.6 Å². The number of carbonyl (C=O) groups is 2. The van der Waals surface area contributed by atoms with E-state index in [2.05, 4.69) is 19.9 Å². The maximum atomic E-state index is 13.1. The fraction of sp³-hybridized carbons (Fsp3) is 0.478. The van der Waals surface area contributed by atoms with Gasteiger partial charge in [0.25, 0.3) is 5.91 Å². The molecule has 1 spiro atoms. The van der Waals surface area contributed by atoms with Gasteiger partial charge in [0.15, 0.2) is 0 Å². The first kappa shape index (κ1) is 20.7. The van der Waals surface area contributed by atoms with E-state index in [1.54, 1.807) is 11.8 Å². The second-order valence-electron chi connectivity index (χ2n) is 8.06. The number of carboxylic acid groups (broad SMARTS) is 1. The molecule has 0 aromatic heterocycles. The molecule has 1 amide bonds. The summed E-state index contributed by atoms with van der Waals surface area (Å²) in [6, 6.07) is 9.85. The largest absolute Gasteiger partial charge is 0.481 e. The number of aliphatic carboxylic acids is 1. The second-order valence-corrected chi connectivity index (χ2v) is 9.46. The van der Waals surface area contributed by atoms with Crippen LogP contribution in [0.5, 0.6) is 0 Å². The molecule has 0 atom stereocenters. The van der Waals surface area contributed by atoms with E-state index in [0.717, 1.165) is 42.6 Å². The second kappa shape index (κ2) is 8.99. The molecule has 5 heteroatoms. The van der Waals surface area contributed by atoms with Crippen molar-refractivity contribution in [1.82, 2.24) is 4.90 Å². The molecule has 1 N–H and O–H groups in total. The van der Waals surface area contributed by atoms with Crippen LogP contribution in [0.4, 0.5) is 0 Å². The molecule has 1 aromatic rings. The highest BCUT2D eigenvalue weighted by atomic mass is 32.2. The number of hydrogen-bond acceptors (Lipinski definition) is 3. The van der Waals surface area contributed by atoms with Gasteiger partial charge in [-0.3, -0.25) is 9.59 Å². The van der Waals surface area contributed by atoms with Crippen LogP contribution < -0.4 is 0 Å². The third-order valence-corrected chi connectivity index (χ3v) is 6.97. The van der Waals surface area contributed by atoms with Crippen LogP contribution in [0.25, 0.3) is 6.08 Å². The quantitative estimate of drug-likeness (QED) is 0.519. The lowest BCUT2D eigenvalue weighted by atomic mass is 9.88. The summed E-state index contributed by atoms with van der Waals surface area (Å²) in [5.74, 6) is -0.232. The van der Waals surface area contributed by atoms with E-state index in [1.165, 1.54) is 5.57 Å². The molecule has 150 valence electrons. The predicted molar refractivity (Wildman–Crippen MR) is 115 cm³/mol.